The summed E-state index contributed by atoms with van der Waals surface area (Å²) in [7, 11) is 0. The van der Waals surface area contributed by atoms with E-state index in [0.717, 1.165) is 5.56 Å². The van der Waals surface area contributed by atoms with Crippen molar-refractivity contribution >= 4 is 35.7 Å². The molecule has 0 aliphatic carbocycles. The number of amides is 1. The van der Waals surface area contributed by atoms with E-state index in [1.807, 2.05) is 30.3 Å². The first-order valence-electron chi connectivity index (χ1n) is 3.58. The van der Waals surface area contributed by atoms with Crippen molar-refractivity contribution in [2.75, 3.05) is 0 Å². The number of hydrogen-bond acceptors (Lipinski definition) is 2. The monoisotopic (exact) mass is 200 g/mol. The molecule has 0 spiro atoms. The SMILES string of the molecule is [N-]=[N+]=NC(=O)OCc1ccccc1.[Na]. The molecule has 0 bridgehead atoms. The van der Waals surface area contributed by atoms with Crippen LogP contribution in [0.2, 0.25) is 0 Å². The maximum absolute atomic E-state index is 10.6. The smallest absolute Gasteiger partial charge is 0.397 e. The Morgan fingerprint density at radius 1 is 1.43 bits per heavy atom. The van der Waals surface area contributed by atoms with Crippen LogP contribution in [0.15, 0.2) is 35.4 Å². The average Bonchev–Trinajstić information content (AvgIpc) is 2.17. The Balaban J connectivity index is 0.00000169. The fraction of sp³-hybridized carbons (Fsp3) is 0.125. The van der Waals surface area contributed by atoms with Crippen LogP contribution in [0.4, 0.5) is 4.79 Å². The third-order valence-electron chi connectivity index (χ3n) is 1.33. The van der Waals surface area contributed by atoms with Crippen LogP contribution in [0, 0.1) is 0 Å². The fourth-order valence-electron chi connectivity index (χ4n) is 0.785. The predicted molar refractivity (Wildman–Crippen MR) is 51.5 cm³/mol. The average molecular weight is 200 g/mol. The maximum atomic E-state index is 10.6. The molecule has 1 rings (SSSR count). The summed E-state index contributed by atoms with van der Waals surface area (Å²) in [4.78, 5) is 12.9. The Bertz CT molecular complexity index is 336. The van der Waals surface area contributed by atoms with Crippen molar-refractivity contribution in [3.8, 4) is 0 Å². The van der Waals surface area contributed by atoms with E-state index in [1.54, 1.807) is 0 Å². The van der Waals surface area contributed by atoms with Crippen LogP contribution in [-0.2, 0) is 11.3 Å². The van der Waals surface area contributed by atoms with Crippen molar-refractivity contribution < 1.29 is 9.53 Å². The first kappa shape index (κ1) is 13.0. The maximum Gasteiger partial charge on any atom is 0.397 e. The van der Waals surface area contributed by atoms with E-state index < -0.39 is 6.09 Å². The molecular weight excluding hydrogens is 193 g/mol. The Morgan fingerprint density at radius 2 is 2.07 bits per heavy atom. The zero-order chi connectivity index (χ0) is 9.52. The molecule has 5 nitrogen and oxygen atoms in total. The molecule has 1 amide bonds. The second-order valence-corrected chi connectivity index (χ2v) is 2.23. The second-order valence-electron chi connectivity index (χ2n) is 2.23. The van der Waals surface area contributed by atoms with Gasteiger partial charge in [-0.15, -0.1) is 0 Å². The number of rotatable bonds is 2. The van der Waals surface area contributed by atoms with E-state index in [9.17, 15) is 4.79 Å². The molecule has 0 saturated heterocycles. The Labute approximate surface area is 103 Å². The summed E-state index contributed by atoms with van der Waals surface area (Å²) in [6, 6.07) is 9.14. The molecule has 1 radical (unpaired) electrons. The first-order chi connectivity index (χ1) is 6.33. The molecule has 0 heterocycles. The summed E-state index contributed by atoms with van der Waals surface area (Å²) >= 11 is 0. The van der Waals surface area contributed by atoms with Gasteiger partial charge in [0.2, 0.25) is 0 Å². The summed E-state index contributed by atoms with van der Waals surface area (Å²) < 4.78 is 4.61. The van der Waals surface area contributed by atoms with Crippen LogP contribution in [0.25, 0.3) is 10.4 Å². The van der Waals surface area contributed by atoms with E-state index in [0.29, 0.717) is 0 Å². The van der Waals surface area contributed by atoms with Gasteiger partial charge in [0.25, 0.3) is 0 Å². The molecule has 0 aliphatic heterocycles. The summed E-state index contributed by atoms with van der Waals surface area (Å²) in [5.41, 5.74) is 8.74. The van der Waals surface area contributed by atoms with E-state index in [2.05, 4.69) is 14.8 Å². The van der Waals surface area contributed by atoms with Gasteiger partial charge in [0.15, 0.2) is 0 Å². The Hall–Kier alpha value is -1.000. The van der Waals surface area contributed by atoms with Gasteiger partial charge < -0.3 is 4.74 Å². The number of ether oxygens (including phenoxy) is 1. The van der Waals surface area contributed by atoms with Crippen molar-refractivity contribution in [2.24, 2.45) is 5.11 Å². The van der Waals surface area contributed by atoms with Gasteiger partial charge in [-0.1, -0.05) is 30.3 Å². The third kappa shape index (κ3) is 4.89. The van der Waals surface area contributed by atoms with Crippen molar-refractivity contribution in [3.05, 3.63) is 46.3 Å². The van der Waals surface area contributed by atoms with Gasteiger partial charge in [0, 0.05) is 39.6 Å². The molecular formula is C8H7N3NaO2. The molecule has 0 N–H and O–H groups in total. The van der Waals surface area contributed by atoms with Crippen LogP contribution >= 0.6 is 0 Å². The van der Waals surface area contributed by atoms with Gasteiger partial charge in [0.1, 0.15) is 6.61 Å². The number of carbonyl (C=O) groups is 1. The molecule has 0 unspecified atom stereocenters. The number of nitrogens with zero attached hydrogens (tertiary/aromatic N) is 3. The number of hydrogen-bond donors (Lipinski definition) is 0. The molecule has 0 aliphatic rings. The van der Waals surface area contributed by atoms with E-state index in [1.165, 1.54) is 0 Å². The van der Waals surface area contributed by atoms with Crippen LogP contribution < -0.4 is 0 Å². The van der Waals surface area contributed by atoms with Gasteiger partial charge in [-0.05, 0) is 11.1 Å². The second kappa shape index (κ2) is 7.41. The third-order valence-corrected chi connectivity index (χ3v) is 1.33. The Morgan fingerprint density at radius 3 is 2.64 bits per heavy atom. The zero-order valence-electron chi connectivity index (χ0n) is 7.75. The fourth-order valence-corrected chi connectivity index (χ4v) is 0.785. The number of benzene rings is 1. The van der Waals surface area contributed by atoms with Crippen LogP contribution in [0.3, 0.4) is 0 Å². The molecule has 6 heteroatoms. The summed E-state index contributed by atoms with van der Waals surface area (Å²) in [5, 5.41) is 2.76. The van der Waals surface area contributed by atoms with Crippen molar-refractivity contribution in [2.45, 2.75) is 6.61 Å². The van der Waals surface area contributed by atoms with Gasteiger partial charge in [-0.2, -0.15) is 0 Å². The quantitative estimate of drug-likeness (QED) is 0.317. The van der Waals surface area contributed by atoms with E-state index >= 15 is 0 Å². The van der Waals surface area contributed by atoms with E-state index in [4.69, 9.17) is 5.53 Å². The molecule has 0 fully saturated rings. The van der Waals surface area contributed by atoms with Crippen molar-refractivity contribution in [3.63, 3.8) is 0 Å². The molecule has 1 aromatic rings. The van der Waals surface area contributed by atoms with Crippen molar-refractivity contribution in [1.82, 2.24) is 0 Å². The van der Waals surface area contributed by atoms with Gasteiger partial charge in [0.05, 0.1) is 0 Å². The molecule has 0 saturated carbocycles. The van der Waals surface area contributed by atoms with E-state index in [-0.39, 0.29) is 36.2 Å². The van der Waals surface area contributed by atoms with Crippen molar-refractivity contribution in [1.29, 1.82) is 0 Å². The molecule has 0 atom stereocenters. The van der Waals surface area contributed by atoms with Crippen LogP contribution in [-0.4, -0.2) is 35.7 Å². The van der Waals surface area contributed by atoms with Crippen LogP contribution in [0.5, 0.6) is 0 Å². The summed E-state index contributed by atoms with van der Waals surface area (Å²) in [6.07, 6.45) is -0.911. The number of carbonyl (C=O) groups excluding carboxylic acids is 1. The molecule has 14 heavy (non-hydrogen) atoms. The predicted octanol–water partition coefficient (Wildman–Crippen LogP) is 2.25. The topological polar surface area (TPSA) is 75.1 Å². The van der Waals surface area contributed by atoms with Gasteiger partial charge in [-0.25, -0.2) is 4.79 Å². The molecule has 0 aromatic heterocycles. The number of azide groups is 1. The van der Waals surface area contributed by atoms with Gasteiger partial charge in [-0.3, -0.25) is 0 Å². The standard InChI is InChI=1S/C8H7N3O2.Na/c9-11-10-8(12)13-6-7-4-2-1-3-5-7;/h1-5H,6H2;. The minimum absolute atomic E-state index is 0. The van der Waals surface area contributed by atoms with Crippen LogP contribution in [0.1, 0.15) is 5.56 Å². The minimum atomic E-state index is -0.911. The largest absolute Gasteiger partial charge is 0.456 e. The Kier molecular flexibility index (Phi) is 6.88. The zero-order valence-corrected chi connectivity index (χ0v) is 9.75. The van der Waals surface area contributed by atoms with Gasteiger partial charge >= 0.3 is 6.09 Å². The first-order valence-corrected chi connectivity index (χ1v) is 3.58. The normalized spacial score (nSPS) is 8.00. The minimum Gasteiger partial charge on any atom is -0.456 e. The summed E-state index contributed by atoms with van der Waals surface area (Å²) in [6.45, 7) is 0.124. The molecule has 1 aromatic carbocycles. The molecule has 67 valence electrons. The summed E-state index contributed by atoms with van der Waals surface area (Å²) in [5.74, 6) is 0.